The van der Waals surface area contributed by atoms with Gasteiger partial charge in [-0.15, -0.1) is 0 Å². The number of aliphatic hydroxyl groups is 1. The molecule has 1 aromatic heterocycles. The first-order valence-electron chi connectivity index (χ1n) is 16.6. The molecule has 2 aliphatic heterocycles. The molecule has 0 saturated carbocycles. The summed E-state index contributed by atoms with van der Waals surface area (Å²) in [4.78, 5) is 47.6. The fourth-order valence-electron chi connectivity index (χ4n) is 7.10. The number of carbonyl (C=O) groups is 3. The lowest BCUT2D eigenvalue weighted by atomic mass is 9.69. The second-order valence-electron chi connectivity index (χ2n) is 12.7. The number of pyridine rings is 1. The molecule has 3 amide bonds. The Hall–Kier alpha value is -5.68. The van der Waals surface area contributed by atoms with Gasteiger partial charge in [0.1, 0.15) is 17.9 Å². The molecule has 0 saturated heterocycles. The maximum Gasteiger partial charge on any atom is 0.285 e. The summed E-state index contributed by atoms with van der Waals surface area (Å²) in [6.45, 7) is 0.558. The molecule has 11 nitrogen and oxygen atoms in total. The van der Waals surface area contributed by atoms with Gasteiger partial charge < -0.3 is 34.9 Å². The van der Waals surface area contributed by atoms with Crippen LogP contribution >= 0.6 is 0 Å². The molecule has 3 aromatic carbocycles. The molecule has 7 rings (SSSR count). The van der Waals surface area contributed by atoms with E-state index in [1.807, 2.05) is 54.6 Å². The Morgan fingerprint density at radius 3 is 2.48 bits per heavy atom. The van der Waals surface area contributed by atoms with E-state index in [0.717, 1.165) is 16.7 Å². The van der Waals surface area contributed by atoms with E-state index in [4.69, 9.17) is 14.2 Å². The Kier molecular flexibility index (Phi) is 9.23. The Morgan fingerprint density at radius 1 is 1.00 bits per heavy atom. The molecule has 50 heavy (non-hydrogen) atoms. The lowest BCUT2D eigenvalue weighted by Gasteiger charge is -2.36. The largest absolute Gasteiger partial charge is 0.493 e. The van der Waals surface area contributed by atoms with Crippen LogP contribution in [0.25, 0.3) is 0 Å². The summed E-state index contributed by atoms with van der Waals surface area (Å²) in [5.74, 6) is 0.137. The van der Waals surface area contributed by atoms with Crippen molar-refractivity contribution in [2.75, 3.05) is 13.7 Å². The van der Waals surface area contributed by atoms with E-state index < -0.39 is 41.5 Å². The molecule has 1 spiro atoms. The summed E-state index contributed by atoms with van der Waals surface area (Å²) in [7, 11) is 1.59. The van der Waals surface area contributed by atoms with E-state index >= 15 is 0 Å². The molecule has 3 aliphatic rings. The topological polar surface area (TPSA) is 139 Å². The second kappa shape index (κ2) is 14.0. The number of hydrogen-bond acceptors (Lipinski definition) is 8. The van der Waals surface area contributed by atoms with Crippen LogP contribution in [0.2, 0.25) is 0 Å². The van der Waals surface area contributed by atoms with Gasteiger partial charge in [0.2, 0.25) is 5.91 Å². The Labute approximate surface area is 289 Å². The Bertz CT molecular complexity index is 1890. The fraction of sp³-hybridized carbons (Fsp3) is 0.282. The van der Waals surface area contributed by atoms with Crippen LogP contribution in [0.4, 0.5) is 0 Å². The molecule has 11 heteroatoms. The quantitative estimate of drug-likeness (QED) is 0.171. The van der Waals surface area contributed by atoms with Gasteiger partial charge in [-0.1, -0.05) is 66.7 Å². The highest BCUT2D eigenvalue weighted by Gasteiger charge is 2.53. The van der Waals surface area contributed by atoms with Crippen molar-refractivity contribution in [2.45, 2.75) is 55.7 Å². The standard InChI is InChI=1S/C39H38N4O7/c1-48-31-13-12-27-24-43(21-18-39-17-14-28(44)23-32(39)50-34(31)33(27)39)38(47)37(49-29-10-6-3-7-11-29)42-36(46)30(22-25-8-4-2-5-9-25)41-35(45)26-15-19-40-20-16-26/h2-17,19-20,28,30,32,37,44H,18,21-24H2,1H3,(H,41,45)(H,42,46)/t28?,30?,32-,37?,39?/m1/s1. The number of para-hydroxylation sites is 1. The zero-order valence-corrected chi connectivity index (χ0v) is 27.5. The van der Waals surface area contributed by atoms with Crippen LogP contribution in [-0.2, 0) is 28.0 Å². The number of aliphatic hydroxyl groups excluding tert-OH is 1. The van der Waals surface area contributed by atoms with Crippen molar-refractivity contribution in [3.8, 4) is 17.2 Å². The first kappa shape index (κ1) is 32.8. The van der Waals surface area contributed by atoms with Crippen molar-refractivity contribution in [1.82, 2.24) is 20.5 Å². The van der Waals surface area contributed by atoms with Crippen LogP contribution in [0.3, 0.4) is 0 Å². The second-order valence-corrected chi connectivity index (χ2v) is 12.7. The molecule has 256 valence electrons. The van der Waals surface area contributed by atoms with E-state index in [1.54, 1.807) is 54.5 Å². The molecule has 4 unspecified atom stereocenters. The third kappa shape index (κ3) is 6.51. The predicted octanol–water partition coefficient (Wildman–Crippen LogP) is 3.70. The first-order valence-corrected chi connectivity index (χ1v) is 16.6. The highest BCUT2D eigenvalue weighted by Crippen LogP contribution is 2.55. The van der Waals surface area contributed by atoms with E-state index in [9.17, 15) is 19.5 Å². The first-order chi connectivity index (χ1) is 24.3. The third-order valence-electron chi connectivity index (χ3n) is 9.61. The van der Waals surface area contributed by atoms with Gasteiger partial charge in [-0.05, 0) is 47.9 Å². The monoisotopic (exact) mass is 674 g/mol. The van der Waals surface area contributed by atoms with E-state index in [-0.39, 0.29) is 19.1 Å². The molecular weight excluding hydrogens is 636 g/mol. The average molecular weight is 675 g/mol. The van der Waals surface area contributed by atoms with Crippen molar-refractivity contribution in [3.05, 3.63) is 132 Å². The summed E-state index contributed by atoms with van der Waals surface area (Å²) in [6.07, 6.45) is 5.54. The van der Waals surface area contributed by atoms with Crippen LogP contribution in [-0.4, -0.2) is 70.8 Å². The third-order valence-corrected chi connectivity index (χ3v) is 9.61. The van der Waals surface area contributed by atoms with Gasteiger partial charge >= 0.3 is 0 Å². The normalized spacial score (nSPS) is 21.4. The van der Waals surface area contributed by atoms with E-state index in [2.05, 4.69) is 15.6 Å². The van der Waals surface area contributed by atoms with Gasteiger partial charge in [0.05, 0.1) is 18.6 Å². The zero-order valence-electron chi connectivity index (χ0n) is 27.5. The lowest BCUT2D eigenvalue weighted by Crippen LogP contribution is -2.57. The number of rotatable bonds is 10. The number of nitrogens with one attached hydrogen (secondary N) is 2. The minimum absolute atomic E-state index is 0.180. The summed E-state index contributed by atoms with van der Waals surface area (Å²) in [6, 6.07) is 24.0. The Balaban J connectivity index is 1.19. The number of aromatic nitrogens is 1. The molecule has 3 heterocycles. The van der Waals surface area contributed by atoms with Crippen LogP contribution < -0.4 is 24.8 Å². The highest BCUT2D eigenvalue weighted by atomic mass is 16.5. The number of amides is 3. The van der Waals surface area contributed by atoms with Gasteiger partial charge in [-0.25, -0.2) is 0 Å². The number of methoxy groups -OCH3 is 1. The lowest BCUT2D eigenvalue weighted by molar-refractivity contribution is -0.144. The smallest absolute Gasteiger partial charge is 0.285 e. The number of carbonyl (C=O) groups excluding carboxylic acids is 3. The number of nitrogens with zero attached hydrogens (tertiary/aromatic N) is 2. The van der Waals surface area contributed by atoms with Crippen molar-refractivity contribution in [3.63, 3.8) is 0 Å². The van der Waals surface area contributed by atoms with Gasteiger partial charge in [0.25, 0.3) is 18.0 Å². The molecular formula is C39H38N4O7. The van der Waals surface area contributed by atoms with Gasteiger partial charge in [0.15, 0.2) is 11.5 Å². The molecule has 1 aliphatic carbocycles. The van der Waals surface area contributed by atoms with Crippen LogP contribution in [0.1, 0.15) is 39.9 Å². The van der Waals surface area contributed by atoms with Gasteiger partial charge in [0, 0.05) is 49.5 Å². The minimum atomic E-state index is -1.41. The molecule has 3 N–H and O–H groups in total. The summed E-state index contributed by atoms with van der Waals surface area (Å²) >= 11 is 0. The summed E-state index contributed by atoms with van der Waals surface area (Å²) in [5.41, 5.74) is 2.44. The molecule has 0 fully saturated rings. The SMILES string of the molecule is COc1ccc2c3c1O[C@@H]1CC(O)C=CC31CCN(C(=O)C(NC(=O)C(Cc1ccccc1)NC(=O)c1ccncc1)Oc1ccccc1)C2. The molecule has 0 bridgehead atoms. The highest BCUT2D eigenvalue weighted by molar-refractivity contribution is 5.98. The maximum atomic E-state index is 14.5. The van der Waals surface area contributed by atoms with Crippen molar-refractivity contribution >= 4 is 17.7 Å². The Morgan fingerprint density at radius 2 is 1.74 bits per heavy atom. The van der Waals surface area contributed by atoms with Crippen molar-refractivity contribution < 1.29 is 33.7 Å². The maximum absolute atomic E-state index is 14.5. The predicted molar refractivity (Wildman–Crippen MR) is 184 cm³/mol. The summed E-state index contributed by atoms with van der Waals surface area (Å²) < 4.78 is 18.3. The van der Waals surface area contributed by atoms with E-state index in [1.165, 1.54) is 12.4 Å². The van der Waals surface area contributed by atoms with Crippen LogP contribution in [0, 0.1) is 0 Å². The van der Waals surface area contributed by atoms with Crippen LogP contribution in [0.15, 0.2) is 109 Å². The van der Waals surface area contributed by atoms with Crippen molar-refractivity contribution in [1.29, 1.82) is 0 Å². The summed E-state index contributed by atoms with van der Waals surface area (Å²) in [5, 5.41) is 16.1. The fourth-order valence-corrected chi connectivity index (χ4v) is 7.10. The zero-order chi connectivity index (χ0) is 34.7. The van der Waals surface area contributed by atoms with Gasteiger partial charge in [-0.2, -0.15) is 0 Å². The minimum Gasteiger partial charge on any atom is -0.493 e. The molecule has 0 radical (unpaired) electrons. The molecule has 4 aromatic rings. The van der Waals surface area contributed by atoms with Crippen molar-refractivity contribution in [2.24, 2.45) is 0 Å². The van der Waals surface area contributed by atoms with Gasteiger partial charge in [-0.3, -0.25) is 19.4 Å². The number of benzene rings is 3. The molecule has 5 atom stereocenters. The average Bonchev–Trinajstić information content (AvgIpc) is 3.38. The number of hydrogen-bond donors (Lipinski definition) is 3. The van der Waals surface area contributed by atoms with E-state index in [0.29, 0.717) is 42.2 Å². The number of ether oxygens (including phenoxy) is 3. The van der Waals surface area contributed by atoms with Crippen LogP contribution in [0.5, 0.6) is 17.2 Å².